The zero-order chi connectivity index (χ0) is 13.1. The summed E-state index contributed by atoms with van der Waals surface area (Å²) in [5, 5.41) is 14.3. The highest BCUT2D eigenvalue weighted by Crippen LogP contribution is 2.20. The minimum Gasteiger partial charge on any atom is -0.392 e. The molecule has 18 heavy (non-hydrogen) atoms. The summed E-state index contributed by atoms with van der Waals surface area (Å²) in [5.41, 5.74) is 0.802. The molecule has 0 bridgehead atoms. The highest BCUT2D eigenvalue weighted by atomic mass is 35.5. The molecule has 1 aromatic carbocycles. The number of halogens is 1. The maximum atomic E-state index is 9.75. The number of aliphatic hydroxyl groups excluding tert-OH is 1. The predicted molar refractivity (Wildman–Crippen MR) is 69.3 cm³/mol. The Hall–Kier alpha value is -1.39. The second kappa shape index (κ2) is 5.50. The zero-order valence-electron chi connectivity index (χ0n) is 10.3. The molecule has 0 saturated carbocycles. The third-order valence-electron chi connectivity index (χ3n) is 2.70. The fraction of sp³-hybridized carbons (Fsp3) is 0.385. The van der Waals surface area contributed by atoms with Crippen molar-refractivity contribution in [1.82, 2.24) is 10.1 Å². The van der Waals surface area contributed by atoms with Crippen molar-refractivity contribution < 1.29 is 9.63 Å². The molecule has 0 aliphatic heterocycles. The molecule has 4 nitrogen and oxygen atoms in total. The van der Waals surface area contributed by atoms with E-state index in [-0.39, 0.29) is 5.92 Å². The van der Waals surface area contributed by atoms with E-state index in [2.05, 4.69) is 10.1 Å². The van der Waals surface area contributed by atoms with Crippen LogP contribution in [0.5, 0.6) is 0 Å². The molecule has 1 N–H and O–H groups in total. The van der Waals surface area contributed by atoms with Gasteiger partial charge in [-0.25, -0.2) is 0 Å². The number of aliphatic hydroxyl groups is 1. The maximum absolute atomic E-state index is 9.75. The van der Waals surface area contributed by atoms with Crippen LogP contribution in [0, 0.1) is 5.92 Å². The second-order valence-electron chi connectivity index (χ2n) is 4.54. The molecule has 0 saturated heterocycles. The number of hydrogen-bond acceptors (Lipinski definition) is 4. The van der Waals surface area contributed by atoms with E-state index >= 15 is 0 Å². The Balaban J connectivity index is 2.15. The van der Waals surface area contributed by atoms with Gasteiger partial charge in [-0.15, -0.1) is 0 Å². The van der Waals surface area contributed by atoms with Crippen LogP contribution in [0.1, 0.15) is 19.7 Å². The SMILES string of the molecule is CC(C)C(O)Cc1nc(-c2cccc(Cl)c2)no1. The second-order valence-corrected chi connectivity index (χ2v) is 4.97. The van der Waals surface area contributed by atoms with Gasteiger partial charge in [0, 0.05) is 10.6 Å². The first-order valence-corrected chi connectivity index (χ1v) is 6.20. The molecule has 0 spiro atoms. The fourth-order valence-electron chi connectivity index (χ4n) is 1.50. The Morgan fingerprint density at radius 1 is 1.39 bits per heavy atom. The van der Waals surface area contributed by atoms with E-state index in [1.54, 1.807) is 12.1 Å². The Morgan fingerprint density at radius 2 is 2.17 bits per heavy atom. The van der Waals surface area contributed by atoms with Crippen molar-refractivity contribution in [2.75, 3.05) is 0 Å². The van der Waals surface area contributed by atoms with E-state index in [1.165, 1.54) is 0 Å². The summed E-state index contributed by atoms with van der Waals surface area (Å²) >= 11 is 5.90. The van der Waals surface area contributed by atoms with E-state index in [0.29, 0.717) is 23.2 Å². The molecule has 0 amide bonds. The average molecular weight is 267 g/mol. The monoisotopic (exact) mass is 266 g/mol. The summed E-state index contributed by atoms with van der Waals surface area (Å²) in [5.74, 6) is 1.08. The van der Waals surface area contributed by atoms with Crippen LogP contribution in [0.15, 0.2) is 28.8 Å². The number of rotatable bonds is 4. The van der Waals surface area contributed by atoms with Crippen molar-refractivity contribution in [3.8, 4) is 11.4 Å². The summed E-state index contributed by atoms with van der Waals surface area (Å²) in [6.07, 6.45) is -0.108. The van der Waals surface area contributed by atoms with Crippen molar-refractivity contribution in [3.05, 3.63) is 35.2 Å². The van der Waals surface area contributed by atoms with E-state index in [4.69, 9.17) is 16.1 Å². The van der Waals surface area contributed by atoms with E-state index in [1.807, 2.05) is 26.0 Å². The van der Waals surface area contributed by atoms with Crippen LogP contribution < -0.4 is 0 Å². The topological polar surface area (TPSA) is 59.2 Å². The summed E-state index contributed by atoms with van der Waals surface area (Å²) < 4.78 is 5.12. The first-order valence-electron chi connectivity index (χ1n) is 5.83. The Bertz CT molecular complexity index is 525. The summed E-state index contributed by atoms with van der Waals surface area (Å²) in [7, 11) is 0. The molecule has 96 valence electrons. The number of hydrogen-bond donors (Lipinski definition) is 1. The lowest BCUT2D eigenvalue weighted by molar-refractivity contribution is 0.116. The van der Waals surface area contributed by atoms with Crippen molar-refractivity contribution in [1.29, 1.82) is 0 Å². The van der Waals surface area contributed by atoms with Crippen LogP contribution in [-0.2, 0) is 6.42 Å². The van der Waals surface area contributed by atoms with Crippen molar-refractivity contribution in [2.45, 2.75) is 26.4 Å². The zero-order valence-corrected chi connectivity index (χ0v) is 11.1. The normalized spacial score (nSPS) is 12.9. The molecule has 1 aromatic heterocycles. The highest BCUT2D eigenvalue weighted by Gasteiger charge is 2.15. The quantitative estimate of drug-likeness (QED) is 0.924. The molecular formula is C13H15ClN2O2. The van der Waals surface area contributed by atoms with Gasteiger partial charge in [0.25, 0.3) is 0 Å². The third kappa shape index (κ3) is 3.09. The average Bonchev–Trinajstić information content (AvgIpc) is 2.77. The van der Waals surface area contributed by atoms with E-state index in [0.717, 1.165) is 5.56 Å². The lowest BCUT2D eigenvalue weighted by Crippen LogP contribution is -2.17. The Labute approximate surface area is 111 Å². The van der Waals surface area contributed by atoms with Gasteiger partial charge in [-0.2, -0.15) is 4.98 Å². The lowest BCUT2D eigenvalue weighted by Gasteiger charge is -2.10. The lowest BCUT2D eigenvalue weighted by atomic mass is 10.0. The standard InChI is InChI=1S/C13H15ClN2O2/c1-8(2)11(17)7-12-15-13(16-18-12)9-4-3-5-10(14)6-9/h3-6,8,11,17H,7H2,1-2H3. The van der Waals surface area contributed by atoms with E-state index in [9.17, 15) is 5.11 Å². The molecule has 1 heterocycles. The van der Waals surface area contributed by atoms with Crippen LogP contribution >= 0.6 is 11.6 Å². The Kier molecular flexibility index (Phi) is 3.99. The first kappa shape index (κ1) is 13.1. The van der Waals surface area contributed by atoms with Gasteiger partial charge in [0.1, 0.15) is 0 Å². The van der Waals surface area contributed by atoms with Crippen molar-refractivity contribution in [3.63, 3.8) is 0 Å². The molecule has 1 atom stereocenters. The first-order chi connectivity index (χ1) is 8.56. The van der Waals surface area contributed by atoms with Crippen LogP contribution in [0.2, 0.25) is 5.02 Å². The van der Waals surface area contributed by atoms with Crippen LogP contribution in [0.3, 0.4) is 0 Å². The molecule has 0 fully saturated rings. The van der Waals surface area contributed by atoms with Gasteiger partial charge in [-0.3, -0.25) is 0 Å². The molecule has 2 rings (SSSR count). The van der Waals surface area contributed by atoms with Gasteiger partial charge in [0.2, 0.25) is 11.7 Å². The van der Waals surface area contributed by atoms with Gasteiger partial charge >= 0.3 is 0 Å². The van der Waals surface area contributed by atoms with Gasteiger partial charge in [0.05, 0.1) is 12.5 Å². The van der Waals surface area contributed by atoms with Gasteiger partial charge in [-0.1, -0.05) is 42.7 Å². The largest absolute Gasteiger partial charge is 0.392 e. The molecular weight excluding hydrogens is 252 g/mol. The van der Waals surface area contributed by atoms with Gasteiger partial charge < -0.3 is 9.63 Å². The molecule has 0 aliphatic carbocycles. The maximum Gasteiger partial charge on any atom is 0.229 e. The minimum absolute atomic E-state index is 0.159. The van der Waals surface area contributed by atoms with Crippen molar-refractivity contribution in [2.24, 2.45) is 5.92 Å². The number of nitrogens with zero attached hydrogens (tertiary/aromatic N) is 2. The van der Waals surface area contributed by atoms with Gasteiger partial charge in [0.15, 0.2) is 0 Å². The fourth-order valence-corrected chi connectivity index (χ4v) is 1.69. The summed E-state index contributed by atoms with van der Waals surface area (Å²) in [6, 6.07) is 7.25. The van der Waals surface area contributed by atoms with Crippen LogP contribution in [0.4, 0.5) is 0 Å². The molecule has 5 heteroatoms. The van der Waals surface area contributed by atoms with Crippen molar-refractivity contribution >= 4 is 11.6 Å². The predicted octanol–water partition coefficient (Wildman–Crippen LogP) is 2.95. The van der Waals surface area contributed by atoms with Crippen LogP contribution in [0.25, 0.3) is 11.4 Å². The van der Waals surface area contributed by atoms with Crippen LogP contribution in [-0.4, -0.2) is 21.4 Å². The molecule has 1 unspecified atom stereocenters. The summed E-state index contributed by atoms with van der Waals surface area (Å²) in [6.45, 7) is 3.89. The molecule has 0 aliphatic rings. The Morgan fingerprint density at radius 3 is 2.83 bits per heavy atom. The highest BCUT2D eigenvalue weighted by molar-refractivity contribution is 6.30. The van der Waals surface area contributed by atoms with Gasteiger partial charge in [-0.05, 0) is 18.1 Å². The summed E-state index contributed by atoms with van der Waals surface area (Å²) in [4.78, 5) is 4.25. The minimum atomic E-state index is -0.474. The smallest absolute Gasteiger partial charge is 0.229 e. The number of aromatic nitrogens is 2. The molecule has 2 aromatic rings. The molecule has 0 radical (unpaired) electrons. The third-order valence-corrected chi connectivity index (χ3v) is 2.94. The van der Waals surface area contributed by atoms with E-state index < -0.39 is 6.10 Å². The number of benzene rings is 1.